The van der Waals surface area contributed by atoms with Crippen molar-refractivity contribution >= 4 is 34.3 Å². The van der Waals surface area contributed by atoms with Crippen LogP contribution in [0.15, 0.2) is 52.4 Å². The summed E-state index contributed by atoms with van der Waals surface area (Å²) in [5.41, 5.74) is 3.35. The van der Waals surface area contributed by atoms with Gasteiger partial charge in [0.1, 0.15) is 0 Å². The molecule has 2 aromatic heterocycles. The fourth-order valence-electron chi connectivity index (χ4n) is 3.35. The van der Waals surface area contributed by atoms with Crippen LogP contribution in [0.5, 0.6) is 0 Å². The summed E-state index contributed by atoms with van der Waals surface area (Å²) in [5.74, 6) is 0.327. The zero-order chi connectivity index (χ0) is 20.7. The summed E-state index contributed by atoms with van der Waals surface area (Å²) in [4.78, 5) is 25.4. The quantitative estimate of drug-likeness (QED) is 0.526. The number of amides is 1. The third-order valence-electron chi connectivity index (χ3n) is 4.90. The molecule has 4 rings (SSSR count). The minimum Gasteiger partial charge on any atom is -0.358 e. The van der Waals surface area contributed by atoms with Crippen LogP contribution in [0, 0.1) is 13.8 Å². The molecule has 0 saturated heterocycles. The van der Waals surface area contributed by atoms with Crippen molar-refractivity contribution in [3.8, 4) is 5.69 Å². The Hall–Kier alpha value is -3.13. The van der Waals surface area contributed by atoms with Crippen LogP contribution in [-0.4, -0.2) is 37.4 Å². The van der Waals surface area contributed by atoms with E-state index in [4.69, 9.17) is 0 Å². The lowest BCUT2D eigenvalue weighted by Crippen LogP contribution is -2.27. The van der Waals surface area contributed by atoms with Crippen molar-refractivity contribution in [3.63, 3.8) is 0 Å². The maximum absolute atomic E-state index is 13.4. The molecule has 148 valence electrons. The van der Waals surface area contributed by atoms with Gasteiger partial charge in [0.2, 0.25) is 11.7 Å². The first-order valence-corrected chi connectivity index (χ1v) is 10.1. The monoisotopic (exact) mass is 407 g/mol. The van der Waals surface area contributed by atoms with E-state index in [0.29, 0.717) is 21.8 Å². The normalized spacial score (nSPS) is 12.4. The number of carbonyl (C=O) groups excluding carboxylic acids is 1. The van der Waals surface area contributed by atoms with Crippen LogP contribution in [-0.2, 0) is 4.79 Å². The summed E-state index contributed by atoms with van der Waals surface area (Å²) in [7, 11) is 1.61. The minimum atomic E-state index is -0.354. The van der Waals surface area contributed by atoms with E-state index in [1.807, 2.05) is 61.6 Å². The molecular weight excluding hydrogens is 386 g/mol. The van der Waals surface area contributed by atoms with Crippen LogP contribution in [0.4, 0.5) is 0 Å². The number of hydrogen-bond acceptors (Lipinski definition) is 5. The van der Waals surface area contributed by atoms with Crippen molar-refractivity contribution in [1.82, 2.24) is 24.5 Å². The number of fused-ring (bicyclic) bond motifs is 3. The lowest BCUT2D eigenvalue weighted by molar-refractivity contribution is -0.119. The largest absolute Gasteiger partial charge is 0.358 e. The van der Waals surface area contributed by atoms with Crippen LogP contribution < -0.4 is 10.9 Å². The highest BCUT2D eigenvalue weighted by Gasteiger charge is 2.22. The molecule has 0 aliphatic rings. The molecule has 4 aromatic rings. The molecule has 0 spiro atoms. The topological polar surface area (TPSA) is 81.3 Å². The second-order valence-corrected chi connectivity index (χ2v) is 8.25. The number of aryl methyl sites for hydroxylation is 2. The van der Waals surface area contributed by atoms with E-state index in [0.717, 1.165) is 16.8 Å². The van der Waals surface area contributed by atoms with Gasteiger partial charge in [-0.05, 0) is 50.1 Å². The summed E-state index contributed by atoms with van der Waals surface area (Å²) in [5, 5.41) is 12.1. The van der Waals surface area contributed by atoms with Crippen molar-refractivity contribution in [3.05, 3.63) is 63.9 Å². The van der Waals surface area contributed by atoms with Crippen molar-refractivity contribution < 1.29 is 4.79 Å². The first-order chi connectivity index (χ1) is 13.9. The van der Waals surface area contributed by atoms with Crippen molar-refractivity contribution in [2.75, 3.05) is 7.05 Å². The lowest BCUT2D eigenvalue weighted by Gasteiger charge is -2.14. The van der Waals surface area contributed by atoms with Crippen molar-refractivity contribution in [2.45, 2.75) is 31.2 Å². The Balaban J connectivity index is 2.07. The molecule has 1 atom stereocenters. The zero-order valence-corrected chi connectivity index (χ0v) is 17.4. The molecule has 0 radical (unpaired) electrons. The fraction of sp³-hybridized carbons (Fsp3) is 0.238. The molecule has 1 amide bonds. The number of para-hydroxylation sites is 1. The van der Waals surface area contributed by atoms with Gasteiger partial charge in [0, 0.05) is 7.05 Å². The number of thioether (sulfide) groups is 1. The number of rotatable bonds is 4. The molecule has 29 heavy (non-hydrogen) atoms. The van der Waals surface area contributed by atoms with E-state index in [9.17, 15) is 9.59 Å². The van der Waals surface area contributed by atoms with Crippen molar-refractivity contribution in [2.24, 2.45) is 0 Å². The number of hydrogen-bond donors (Lipinski definition) is 1. The maximum atomic E-state index is 13.4. The fourth-order valence-corrected chi connectivity index (χ4v) is 4.26. The van der Waals surface area contributed by atoms with E-state index in [-0.39, 0.29) is 16.7 Å². The third-order valence-corrected chi connectivity index (χ3v) is 5.94. The van der Waals surface area contributed by atoms with Crippen LogP contribution in [0.2, 0.25) is 0 Å². The first kappa shape index (κ1) is 19.2. The predicted octanol–water partition coefficient (Wildman–Crippen LogP) is 2.88. The second-order valence-electron chi connectivity index (χ2n) is 6.94. The van der Waals surface area contributed by atoms with E-state index >= 15 is 0 Å². The van der Waals surface area contributed by atoms with Gasteiger partial charge in [0.15, 0.2) is 5.16 Å². The molecule has 1 unspecified atom stereocenters. The van der Waals surface area contributed by atoms with Crippen LogP contribution in [0.3, 0.4) is 0 Å². The van der Waals surface area contributed by atoms with Gasteiger partial charge in [-0.3, -0.25) is 14.0 Å². The summed E-state index contributed by atoms with van der Waals surface area (Å²) in [6.07, 6.45) is 0. The molecular formula is C21H21N5O2S. The van der Waals surface area contributed by atoms with Gasteiger partial charge in [0.05, 0.1) is 21.8 Å². The lowest BCUT2D eigenvalue weighted by atomic mass is 10.1. The summed E-state index contributed by atoms with van der Waals surface area (Å²) in [6, 6.07) is 13.4. The Bertz CT molecular complexity index is 1310. The first-order valence-electron chi connectivity index (χ1n) is 9.27. The number of aromatic nitrogens is 4. The van der Waals surface area contributed by atoms with Gasteiger partial charge in [-0.2, -0.15) is 0 Å². The Morgan fingerprint density at radius 1 is 1.14 bits per heavy atom. The molecule has 2 aromatic carbocycles. The van der Waals surface area contributed by atoms with E-state index in [2.05, 4.69) is 15.5 Å². The highest BCUT2D eigenvalue weighted by Crippen LogP contribution is 2.27. The smallest absolute Gasteiger partial charge is 0.267 e. The predicted molar refractivity (Wildman–Crippen MR) is 115 cm³/mol. The number of carbonyl (C=O) groups is 1. The van der Waals surface area contributed by atoms with Gasteiger partial charge in [-0.1, -0.05) is 36.0 Å². The highest BCUT2D eigenvalue weighted by molar-refractivity contribution is 8.00. The molecule has 8 heteroatoms. The Labute approximate surface area is 171 Å². The van der Waals surface area contributed by atoms with E-state index < -0.39 is 0 Å². The average Bonchev–Trinajstić information content (AvgIpc) is 3.13. The van der Waals surface area contributed by atoms with Crippen molar-refractivity contribution in [1.29, 1.82) is 0 Å². The molecule has 7 nitrogen and oxygen atoms in total. The maximum Gasteiger partial charge on any atom is 0.267 e. The van der Waals surface area contributed by atoms with Gasteiger partial charge in [0.25, 0.3) is 5.56 Å². The summed E-state index contributed by atoms with van der Waals surface area (Å²) in [6.45, 7) is 5.77. The molecule has 0 aliphatic heterocycles. The zero-order valence-electron chi connectivity index (χ0n) is 16.6. The van der Waals surface area contributed by atoms with Crippen LogP contribution in [0.25, 0.3) is 22.4 Å². The van der Waals surface area contributed by atoms with Gasteiger partial charge in [-0.25, -0.2) is 4.57 Å². The van der Waals surface area contributed by atoms with E-state index in [1.54, 1.807) is 17.7 Å². The van der Waals surface area contributed by atoms with Gasteiger partial charge >= 0.3 is 0 Å². The standard InChI is InChI=1S/C21H21N5O2S/c1-12-9-10-13(2)17(11-12)25-19(28)15-7-5-6-8-16(15)26-20(25)23-24-21(26)29-14(3)18(27)22-4/h5-11,14H,1-4H3,(H,22,27). The molecule has 0 aliphatic carbocycles. The summed E-state index contributed by atoms with van der Waals surface area (Å²) >= 11 is 1.31. The van der Waals surface area contributed by atoms with Gasteiger partial charge < -0.3 is 5.32 Å². The third kappa shape index (κ3) is 3.19. The second kappa shape index (κ2) is 7.36. The minimum absolute atomic E-state index is 0.0982. The molecule has 1 N–H and O–H groups in total. The molecule has 0 bridgehead atoms. The Kier molecular flexibility index (Phi) is 4.87. The van der Waals surface area contributed by atoms with Crippen LogP contribution in [0.1, 0.15) is 18.1 Å². The van der Waals surface area contributed by atoms with E-state index in [1.165, 1.54) is 11.8 Å². The molecule has 0 saturated carbocycles. The summed E-state index contributed by atoms with van der Waals surface area (Å²) < 4.78 is 3.45. The Morgan fingerprint density at radius 2 is 1.90 bits per heavy atom. The number of nitrogens with one attached hydrogen (secondary N) is 1. The van der Waals surface area contributed by atoms with Gasteiger partial charge in [-0.15, -0.1) is 10.2 Å². The number of nitrogens with zero attached hydrogens (tertiary/aromatic N) is 4. The number of benzene rings is 2. The SMILES string of the molecule is CNC(=O)C(C)Sc1nnc2n(-c3cc(C)ccc3C)c(=O)c3ccccc3n12. The average molecular weight is 407 g/mol. The highest BCUT2D eigenvalue weighted by atomic mass is 32.2. The van der Waals surface area contributed by atoms with Crippen LogP contribution >= 0.6 is 11.8 Å². The Morgan fingerprint density at radius 3 is 2.66 bits per heavy atom. The molecule has 0 fully saturated rings. The molecule has 2 heterocycles.